The van der Waals surface area contributed by atoms with E-state index in [1.807, 2.05) is 24.3 Å². The minimum Gasteiger partial charge on any atom is -0.324 e. The lowest BCUT2D eigenvalue weighted by Crippen LogP contribution is -2.45. The van der Waals surface area contributed by atoms with Gasteiger partial charge in [0.25, 0.3) is 0 Å². The quantitative estimate of drug-likeness (QED) is 0.524. The summed E-state index contributed by atoms with van der Waals surface area (Å²) in [6, 6.07) is 24.9. The fourth-order valence-corrected chi connectivity index (χ4v) is 5.78. The largest absolute Gasteiger partial charge is 0.324 e. The maximum atomic E-state index is 13.6. The molecule has 3 aromatic rings. The Labute approximate surface area is 176 Å². The van der Waals surface area contributed by atoms with Gasteiger partial charge in [-0.3, -0.25) is 4.79 Å². The maximum Gasteiger partial charge on any atom is 0.228 e. The molecule has 2 bridgehead atoms. The molecule has 29 heavy (non-hydrogen) atoms. The van der Waals surface area contributed by atoms with Gasteiger partial charge in [-0.2, -0.15) is 0 Å². The number of halogens is 1. The third-order valence-electron chi connectivity index (χ3n) is 6.64. The predicted octanol–water partition coefficient (Wildman–Crippen LogP) is 6.60. The molecule has 6 rings (SSSR count). The lowest BCUT2D eigenvalue weighted by Gasteiger charge is -2.50. The van der Waals surface area contributed by atoms with Crippen LogP contribution in [0.1, 0.15) is 53.9 Å². The van der Waals surface area contributed by atoms with Crippen molar-refractivity contribution in [3.63, 3.8) is 0 Å². The topological polar surface area (TPSA) is 29.1 Å². The van der Waals surface area contributed by atoms with Gasteiger partial charge in [-0.25, -0.2) is 0 Å². The minimum atomic E-state index is -0.0963. The summed E-state index contributed by atoms with van der Waals surface area (Å²) >= 11 is 6.33. The third-order valence-corrected chi connectivity index (χ3v) is 6.97. The van der Waals surface area contributed by atoms with Crippen LogP contribution in [-0.4, -0.2) is 5.91 Å². The molecule has 0 radical (unpaired) electrons. The summed E-state index contributed by atoms with van der Waals surface area (Å²) in [5.41, 5.74) is 6.11. The van der Waals surface area contributed by atoms with Crippen LogP contribution in [0.2, 0.25) is 5.02 Å². The van der Waals surface area contributed by atoms with Crippen molar-refractivity contribution in [2.75, 3.05) is 5.32 Å². The highest BCUT2D eigenvalue weighted by atomic mass is 35.5. The van der Waals surface area contributed by atoms with Crippen molar-refractivity contribution in [3.05, 3.63) is 100 Å². The zero-order valence-corrected chi connectivity index (χ0v) is 17.2. The van der Waals surface area contributed by atoms with Gasteiger partial charge in [-0.1, -0.05) is 85.6 Å². The Hall–Kier alpha value is -2.58. The average molecular weight is 402 g/mol. The van der Waals surface area contributed by atoms with E-state index in [1.54, 1.807) is 0 Å². The molecule has 3 aromatic carbocycles. The Kier molecular flexibility index (Phi) is 4.67. The fourth-order valence-electron chi connectivity index (χ4n) is 5.60. The van der Waals surface area contributed by atoms with E-state index in [1.165, 1.54) is 22.3 Å². The molecule has 2 nitrogen and oxygen atoms in total. The summed E-state index contributed by atoms with van der Waals surface area (Å²) in [6.45, 7) is 2.21. The lowest BCUT2D eigenvalue weighted by molar-refractivity contribution is -0.123. The van der Waals surface area contributed by atoms with E-state index in [0.29, 0.717) is 10.7 Å². The second kappa shape index (κ2) is 7.35. The van der Waals surface area contributed by atoms with E-state index in [-0.39, 0.29) is 29.6 Å². The van der Waals surface area contributed by atoms with Gasteiger partial charge in [-0.15, -0.1) is 0 Å². The number of carbonyl (C=O) groups is 1. The Morgan fingerprint density at radius 1 is 0.828 bits per heavy atom. The van der Waals surface area contributed by atoms with E-state index in [4.69, 9.17) is 11.6 Å². The number of fused-ring (bicyclic) bond motifs is 1. The van der Waals surface area contributed by atoms with E-state index in [2.05, 4.69) is 60.8 Å². The van der Waals surface area contributed by atoms with Crippen molar-refractivity contribution in [2.45, 2.75) is 31.6 Å². The second-order valence-corrected chi connectivity index (χ2v) is 8.57. The molecular weight excluding hydrogens is 378 g/mol. The van der Waals surface area contributed by atoms with Crippen molar-refractivity contribution in [1.82, 2.24) is 0 Å². The van der Waals surface area contributed by atoms with Gasteiger partial charge in [0.1, 0.15) is 0 Å². The van der Waals surface area contributed by atoms with Crippen LogP contribution in [0.4, 0.5) is 5.69 Å². The van der Waals surface area contributed by atoms with Crippen LogP contribution in [-0.2, 0) is 4.79 Å². The first-order valence-electron chi connectivity index (χ1n) is 10.4. The smallest absolute Gasteiger partial charge is 0.228 e. The average Bonchev–Trinajstić information content (AvgIpc) is 2.75. The van der Waals surface area contributed by atoms with Crippen LogP contribution in [0.25, 0.3) is 0 Å². The summed E-state index contributed by atoms with van der Waals surface area (Å²) < 4.78 is 0. The predicted molar refractivity (Wildman–Crippen MR) is 119 cm³/mol. The van der Waals surface area contributed by atoms with E-state index in [9.17, 15) is 4.79 Å². The van der Waals surface area contributed by atoms with Crippen LogP contribution in [0, 0.1) is 11.8 Å². The Morgan fingerprint density at radius 3 is 1.90 bits per heavy atom. The number of rotatable bonds is 4. The summed E-state index contributed by atoms with van der Waals surface area (Å²) in [7, 11) is 0. The molecule has 3 heteroatoms. The minimum absolute atomic E-state index is 0.0792. The molecule has 0 saturated heterocycles. The van der Waals surface area contributed by atoms with Crippen molar-refractivity contribution in [1.29, 1.82) is 0 Å². The molecule has 1 N–H and O–H groups in total. The number of amides is 1. The first kappa shape index (κ1) is 18.4. The molecule has 0 spiro atoms. The summed E-state index contributed by atoms with van der Waals surface area (Å²) in [5, 5.41) is 3.72. The number of carbonyl (C=O) groups excluding carboxylic acids is 1. The molecule has 146 valence electrons. The highest BCUT2D eigenvalue weighted by Gasteiger charge is 2.51. The van der Waals surface area contributed by atoms with Crippen molar-refractivity contribution < 1.29 is 4.79 Å². The maximum absolute atomic E-state index is 13.6. The Bertz CT molecular complexity index is 1030. The molecule has 0 unspecified atom stereocenters. The van der Waals surface area contributed by atoms with Gasteiger partial charge in [-0.05, 0) is 46.7 Å². The lowest BCUT2D eigenvalue weighted by atomic mass is 9.53. The van der Waals surface area contributed by atoms with Crippen LogP contribution in [0.15, 0.2) is 72.8 Å². The molecule has 3 aliphatic rings. The number of hydrogen-bond donors (Lipinski definition) is 1. The van der Waals surface area contributed by atoms with E-state index in [0.717, 1.165) is 12.8 Å². The van der Waals surface area contributed by atoms with Crippen molar-refractivity contribution in [3.8, 4) is 0 Å². The molecule has 3 aliphatic carbocycles. The number of anilines is 1. The highest BCUT2D eigenvalue weighted by Crippen LogP contribution is 2.59. The van der Waals surface area contributed by atoms with Crippen LogP contribution < -0.4 is 5.32 Å². The standard InChI is InChI=1S/C26H24ClNO/c1-2-9-20-23-16-10-3-5-12-18(16)24(19-13-6-4-11-17(19)23)25(20)26(29)28-22-15-8-7-14-21(22)27/h3-8,10-15,20,23-25H,2,9H2,1H3,(H,28,29)/t20-,23?,24?,25+/m1/s1. The molecule has 1 amide bonds. The van der Waals surface area contributed by atoms with Crippen LogP contribution >= 0.6 is 11.6 Å². The zero-order chi connectivity index (χ0) is 20.0. The number of nitrogens with one attached hydrogen (secondary N) is 1. The zero-order valence-electron chi connectivity index (χ0n) is 16.4. The Balaban J connectivity index is 1.63. The summed E-state index contributed by atoms with van der Waals surface area (Å²) in [4.78, 5) is 13.6. The third kappa shape index (κ3) is 2.89. The number of para-hydroxylation sites is 1. The van der Waals surface area contributed by atoms with Gasteiger partial charge in [0.2, 0.25) is 5.91 Å². The van der Waals surface area contributed by atoms with Crippen LogP contribution in [0.5, 0.6) is 0 Å². The monoisotopic (exact) mass is 401 g/mol. The molecular formula is C26H24ClNO. The molecule has 2 atom stereocenters. The normalized spacial score (nSPS) is 23.9. The van der Waals surface area contributed by atoms with Crippen molar-refractivity contribution in [2.24, 2.45) is 11.8 Å². The number of hydrogen-bond acceptors (Lipinski definition) is 1. The Morgan fingerprint density at radius 2 is 1.34 bits per heavy atom. The molecule has 0 aromatic heterocycles. The number of benzene rings is 3. The summed E-state index contributed by atoms with van der Waals surface area (Å²) in [5.74, 6) is 0.634. The molecule has 0 fully saturated rings. The summed E-state index contributed by atoms with van der Waals surface area (Å²) in [6.07, 6.45) is 2.10. The first-order chi connectivity index (χ1) is 14.2. The fraction of sp³-hybridized carbons (Fsp3) is 0.269. The van der Waals surface area contributed by atoms with E-state index >= 15 is 0 Å². The highest BCUT2D eigenvalue weighted by molar-refractivity contribution is 6.33. The first-order valence-corrected chi connectivity index (χ1v) is 10.8. The van der Waals surface area contributed by atoms with Gasteiger partial charge < -0.3 is 5.32 Å². The van der Waals surface area contributed by atoms with Gasteiger partial charge in [0, 0.05) is 11.8 Å². The second-order valence-electron chi connectivity index (χ2n) is 8.16. The SMILES string of the molecule is CCC[C@@H]1C2c3ccccc3C(c3ccccc32)[C@H]1C(=O)Nc1ccccc1Cl. The van der Waals surface area contributed by atoms with Gasteiger partial charge in [0.15, 0.2) is 0 Å². The van der Waals surface area contributed by atoms with Crippen molar-refractivity contribution >= 4 is 23.2 Å². The van der Waals surface area contributed by atoms with Gasteiger partial charge in [0.05, 0.1) is 16.6 Å². The van der Waals surface area contributed by atoms with E-state index < -0.39 is 0 Å². The van der Waals surface area contributed by atoms with Crippen LogP contribution in [0.3, 0.4) is 0 Å². The molecule has 0 aliphatic heterocycles. The van der Waals surface area contributed by atoms with Gasteiger partial charge >= 0.3 is 0 Å². The molecule has 0 heterocycles. The molecule has 0 saturated carbocycles.